The SMILES string of the molecule is CCOCOc1ccc(Oc2sc3cc(OCOCC)ccc3c2-c2ccc(I(OC(=O)C(F)(F)F)c3ccc(C)cc3)cc2)cc1.CCOCOc1ccc(Oc2sc3cc(OCOCC)ccc3c2-c2ccc([18F])cc2)cc1. The Balaban J connectivity index is 0.000000223. The molecule has 0 N–H and O–H groups in total. The molecule has 0 aliphatic heterocycles. The summed E-state index contributed by atoms with van der Waals surface area (Å²) in [7, 11) is 0. The van der Waals surface area contributed by atoms with Crippen molar-refractivity contribution in [3.8, 4) is 66.9 Å². The van der Waals surface area contributed by atoms with Gasteiger partial charge >= 0.3 is 245 Å². The van der Waals surface area contributed by atoms with Crippen molar-refractivity contribution in [1.29, 1.82) is 0 Å². The average Bonchev–Trinajstić information content (AvgIpc) is 4.02. The summed E-state index contributed by atoms with van der Waals surface area (Å²) in [5.41, 5.74) is 4.29. The van der Waals surface area contributed by atoms with Crippen LogP contribution >= 0.6 is 42.9 Å². The number of carbonyl (C=O) groups is 1. The maximum Gasteiger partial charge on any atom is 0.189 e. The second-order valence-electron chi connectivity index (χ2n) is 16.9. The molecule has 2 aromatic heterocycles. The average molecular weight is 1250 g/mol. The number of benzene rings is 7. The van der Waals surface area contributed by atoms with Crippen molar-refractivity contribution >= 4 is 69.0 Å². The van der Waals surface area contributed by atoms with E-state index in [0.29, 0.717) is 78.2 Å². The Labute approximate surface area is 476 Å². The molecule has 0 aliphatic rings. The summed E-state index contributed by atoms with van der Waals surface area (Å²) in [4.78, 5) is 11.9. The summed E-state index contributed by atoms with van der Waals surface area (Å²) in [5, 5.41) is 3.22. The maximum absolute atomic E-state index is 13.6. The molecule has 0 radical (unpaired) electrons. The molecule has 420 valence electrons. The van der Waals surface area contributed by atoms with E-state index in [1.807, 2.05) is 107 Å². The molecule has 2 heterocycles. The fourth-order valence-corrected chi connectivity index (χ4v) is 13.6. The largest absolute Gasteiger partial charge is 0.468 e. The van der Waals surface area contributed by atoms with Crippen LogP contribution in [0.3, 0.4) is 0 Å². The van der Waals surface area contributed by atoms with E-state index < -0.39 is 32.4 Å². The van der Waals surface area contributed by atoms with Gasteiger partial charge in [0.2, 0.25) is 0 Å². The van der Waals surface area contributed by atoms with Gasteiger partial charge in [-0.15, -0.1) is 0 Å². The Kier molecular flexibility index (Phi) is 21.4. The molecule has 0 spiro atoms. The summed E-state index contributed by atoms with van der Waals surface area (Å²) in [6.07, 6.45) is -5.10. The van der Waals surface area contributed by atoms with Crippen molar-refractivity contribution in [3.05, 3.63) is 176 Å². The standard InChI is InChI=1S/C35H32F3IO7S.C26H25FO5S/c1-4-41-21-43-27-14-16-28(17-15-27)45-33-32(30-19-18-29(20-31(30)47-33)44-22-42-5-2)24-8-12-26(13-9-24)39(46-34(40)35(36,37)38)25-10-6-23(3)7-11-25;1-3-28-16-30-20-9-11-21(12-10-20)32-26-25(18-5-7-19(27)8-6-18)23-14-13-22(15-24(23)33-26)31-17-29-4-2/h6-20H,4-5,21-22H2,1-3H3;5-15H,3-4,16-17H2,1-2H3/i;27-1. The van der Waals surface area contributed by atoms with Gasteiger partial charge in [-0.3, -0.25) is 0 Å². The second-order valence-corrected chi connectivity index (χ2v) is 23.3. The van der Waals surface area contributed by atoms with Gasteiger partial charge in [-0.1, -0.05) is 23.5 Å². The van der Waals surface area contributed by atoms with E-state index in [1.165, 1.54) is 34.8 Å². The molecule has 0 unspecified atom stereocenters. The third-order valence-corrected chi connectivity index (χ3v) is 18.0. The molecule has 0 saturated heterocycles. The summed E-state index contributed by atoms with van der Waals surface area (Å²) in [5.74, 6) is 1.45. The van der Waals surface area contributed by atoms with Crippen LogP contribution in [0.5, 0.6) is 44.6 Å². The molecule has 9 rings (SSSR count). The zero-order valence-corrected chi connectivity index (χ0v) is 48.1. The fraction of sp³-hybridized carbons (Fsp3) is 0.230. The van der Waals surface area contributed by atoms with E-state index >= 15 is 0 Å². The zero-order chi connectivity index (χ0) is 56.4. The first-order valence-corrected chi connectivity index (χ1v) is 29.9. The summed E-state index contributed by atoms with van der Waals surface area (Å²) in [6, 6.07) is 46.6. The molecule has 9 aromatic rings. The predicted octanol–water partition coefficient (Wildman–Crippen LogP) is 17.2. The number of fused-ring (bicyclic) bond motifs is 2. The number of hydrogen-bond donors (Lipinski definition) is 0. The predicted molar refractivity (Wildman–Crippen MR) is 311 cm³/mol. The van der Waals surface area contributed by atoms with Gasteiger partial charge in [0.15, 0.2) is 25.4 Å². The summed E-state index contributed by atoms with van der Waals surface area (Å²) >= 11 is -0.324. The third kappa shape index (κ3) is 16.1. The van der Waals surface area contributed by atoms with Crippen LogP contribution in [0.25, 0.3) is 42.4 Å². The van der Waals surface area contributed by atoms with Gasteiger partial charge in [0.05, 0.1) is 0 Å². The number of thiophene rings is 2. The van der Waals surface area contributed by atoms with Gasteiger partial charge in [0.25, 0.3) is 0 Å². The Morgan fingerprint density at radius 1 is 0.463 bits per heavy atom. The Hall–Kier alpha value is -6.98. The number of alkyl halides is 3. The van der Waals surface area contributed by atoms with E-state index in [9.17, 15) is 22.4 Å². The molecule has 0 fully saturated rings. The van der Waals surface area contributed by atoms with Crippen molar-refractivity contribution in [2.45, 2.75) is 40.8 Å². The van der Waals surface area contributed by atoms with Crippen LogP contribution in [0, 0.1) is 19.9 Å². The van der Waals surface area contributed by atoms with Crippen LogP contribution < -0.4 is 28.4 Å². The Morgan fingerprint density at radius 2 is 0.812 bits per heavy atom. The van der Waals surface area contributed by atoms with Crippen LogP contribution in [0.4, 0.5) is 17.6 Å². The molecule has 0 amide bonds. The Bertz CT molecular complexity index is 3390. The minimum atomic E-state index is -5.10. The number of carbonyl (C=O) groups excluding carboxylic acids is 1. The summed E-state index contributed by atoms with van der Waals surface area (Å²) < 4.78 is 118. The van der Waals surface area contributed by atoms with Crippen molar-refractivity contribution in [3.63, 3.8) is 0 Å². The van der Waals surface area contributed by atoms with Gasteiger partial charge in [0, 0.05) is 42.1 Å². The normalized spacial score (nSPS) is 11.4. The minimum Gasteiger partial charge on any atom is -0.468 e. The van der Waals surface area contributed by atoms with E-state index in [-0.39, 0.29) is 33.0 Å². The van der Waals surface area contributed by atoms with Gasteiger partial charge in [-0.05, 0) is 87.9 Å². The third-order valence-electron chi connectivity index (χ3n) is 11.4. The number of halogens is 5. The molecule has 0 saturated carbocycles. The quantitative estimate of drug-likeness (QED) is 0.0235. The number of aryl methyl sites for hydroxylation is 1. The molecule has 7 aromatic carbocycles. The molecule has 0 bridgehead atoms. The number of ether oxygens (including phenoxy) is 10. The van der Waals surface area contributed by atoms with Crippen LogP contribution in [0.15, 0.2) is 158 Å². The number of rotatable bonds is 25. The monoisotopic (exact) mass is 1250 g/mol. The van der Waals surface area contributed by atoms with Crippen molar-refractivity contribution in [2.75, 3.05) is 53.6 Å². The molecule has 80 heavy (non-hydrogen) atoms. The molecule has 12 nitrogen and oxygen atoms in total. The van der Waals surface area contributed by atoms with Gasteiger partial charge in [-0.25, -0.2) is 4.39 Å². The van der Waals surface area contributed by atoms with Crippen LogP contribution in [0.1, 0.15) is 33.3 Å². The van der Waals surface area contributed by atoms with Gasteiger partial charge in [0.1, 0.15) is 23.1 Å². The summed E-state index contributed by atoms with van der Waals surface area (Å²) in [6.45, 7) is 12.4. The first-order valence-electron chi connectivity index (χ1n) is 25.3. The van der Waals surface area contributed by atoms with Crippen LogP contribution in [-0.4, -0.2) is 65.7 Å². The van der Waals surface area contributed by atoms with Gasteiger partial charge in [-0.2, -0.15) is 0 Å². The second kappa shape index (κ2) is 28.9. The van der Waals surface area contributed by atoms with E-state index in [1.54, 1.807) is 72.8 Å². The fourth-order valence-electron chi connectivity index (χ4n) is 7.50. The molecule has 0 atom stereocenters. The topological polar surface area (TPSA) is 119 Å². The molecule has 19 heteroatoms. The first kappa shape index (κ1) is 59.1. The first-order chi connectivity index (χ1) is 38.8. The molecular weight excluding hydrogens is 1190 g/mol. The van der Waals surface area contributed by atoms with E-state index in [0.717, 1.165) is 48.0 Å². The Morgan fingerprint density at radius 3 is 1.20 bits per heavy atom. The van der Waals surface area contributed by atoms with Crippen molar-refractivity contribution in [1.82, 2.24) is 0 Å². The van der Waals surface area contributed by atoms with E-state index in [4.69, 9.17) is 50.4 Å². The minimum absolute atomic E-state index is 0.119. The van der Waals surface area contributed by atoms with Crippen molar-refractivity contribution < 1.29 is 72.8 Å². The smallest absolute Gasteiger partial charge is 0.189 e. The van der Waals surface area contributed by atoms with Crippen LogP contribution in [-0.2, 0) is 26.8 Å². The molecule has 0 aliphatic carbocycles. The zero-order valence-electron chi connectivity index (χ0n) is 44.3. The van der Waals surface area contributed by atoms with E-state index in [2.05, 4.69) is 0 Å². The molecular formula is C61H57F4IO12S2. The van der Waals surface area contributed by atoms with Crippen molar-refractivity contribution in [2.24, 2.45) is 0 Å². The maximum atomic E-state index is 13.6. The van der Waals surface area contributed by atoms with Gasteiger partial charge < -0.3 is 28.4 Å². The number of hydrogen-bond acceptors (Lipinski definition) is 14. The van der Waals surface area contributed by atoms with Crippen LogP contribution in [0.2, 0.25) is 0 Å².